The number of halogens is 1. The fourth-order valence-corrected chi connectivity index (χ4v) is 3.37. The van der Waals surface area contributed by atoms with Crippen LogP contribution in [0.1, 0.15) is 28.8 Å². The fourth-order valence-electron chi connectivity index (χ4n) is 3.37. The summed E-state index contributed by atoms with van der Waals surface area (Å²) in [5.41, 5.74) is 1.79. The zero-order chi connectivity index (χ0) is 14.1. The van der Waals surface area contributed by atoms with E-state index < -0.39 is 0 Å². The predicted molar refractivity (Wildman–Crippen MR) is 85.4 cm³/mol. The molecule has 0 bridgehead atoms. The number of rotatable bonds is 2. The number of carbonyl (C=O) groups excluding carboxylic acids is 1. The van der Waals surface area contributed by atoms with E-state index in [1.807, 2.05) is 30.0 Å². The summed E-state index contributed by atoms with van der Waals surface area (Å²) in [6.45, 7) is 4.81. The molecule has 0 spiro atoms. The van der Waals surface area contributed by atoms with Gasteiger partial charge in [-0.25, -0.2) is 0 Å². The molecule has 2 saturated heterocycles. The van der Waals surface area contributed by atoms with Gasteiger partial charge in [0.2, 0.25) is 0 Å². The van der Waals surface area contributed by atoms with E-state index in [0.717, 1.165) is 42.9 Å². The molecule has 0 aromatic heterocycles. The largest absolute Gasteiger partial charge is 0.496 e. The normalized spacial score (nSPS) is 24.2. The van der Waals surface area contributed by atoms with E-state index in [1.165, 1.54) is 6.42 Å². The molecule has 0 radical (unpaired) electrons. The number of aryl methyl sites for hydroxylation is 1. The highest BCUT2D eigenvalue weighted by Gasteiger charge is 2.34. The van der Waals surface area contributed by atoms with Crippen LogP contribution in [0, 0.1) is 12.8 Å². The Balaban J connectivity index is 0.00000161. The van der Waals surface area contributed by atoms with Crippen molar-refractivity contribution in [3.05, 3.63) is 29.3 Å². The van der Waals surface area contributed by atoms with E-state index in [0.29, 0.717) is 12.0 Å². The summed E-state index contributed by atoms with van der Waals surface area (Å²) in [6.07, 6.45) is 2.26. The molecule has 2 atom stereocenters. The number of amides is 1. The lowest BCUT2D eigenvalue weighted by Gasteiger charge is -2.35. The van der Waals surface area contributed by atoms with Gasteiger partial charge in [-0.15, -0.1) is 12.4 Å². The smallest absolute Gasteiger partial charge is 0.253 e. The minimum Gasteiger partial charge on any atom is -0.496 e. The van der Waals surface area contributed by atoms with Crippen molar-refractivity contribution < 1.29 is 9.53 Å². The molecule has 2 aliphatic heterocycles. The van der Waals surface area contributed by atoms with Crippen molar-refractivity contribution in [2.75, 3.05) is 26.7 Å². The first-order valence-corrected chi connectivity index (χ1v) is 7.36. The number of ether oxygens (including phenoxy) is 1. The lowest BCUT2D eigenvalue weighted by Crippen LogP contribution is -2.46. The topological polar surface area (TPSA) is 41.6 Å². The van der Waals surface area contributed by atoms with Crippen LogP contribution in [0.3, 0.4) is 0 Å². The molecule has 1 amide bonds. The third-order valence-corrected chi connectivity index (χ3v) is 4.60. The second kappa shape index (κ2) is 6.67. The molecule has 116 valence electrons. The average Bonchev–Trinajstić information content (AvgIpc) is 2.94. The number of carbonyl (C=O) groups is 1. The van der Waals surface area contributed by atoms with Crippen molar-refractivity contribution in [1.29, 1.82) is 0 Å². The fraction of sp³-hybridized carbons (Fsp3) is 0.562. The Hall–Kier alpha value is -1.26. The van der Waals surface area contributed by atoms with Gasteiger partial charge in [-0.3, -0.25) is 4.79 Å². The number of piperidine rings is 1. The van der Waals surface area contributed by atoms with Gasteiger partial charge in [-0.05, 0) is 49.9 Å². The van der Waals surface area contributed by atoms with E-state index in [4.69, 9.17) is 4.74 Å². The van der Waals surface area contributed by atoms with Crippen LogP contribution in [-0.4, -0.2) is 43.6 Å². The van der Waals surface area contributed by atoms with Gasteiger partial charge in [0, 0.05) is 24.7 Å². The first-order valence-electron chi connectivity index (χ1n) is 7.36. The Morgan fingerprint density at radius 1 is 1.38 bits per heavy atom. The number of nitrogens with zero attached hydrogens (tertiary/aromatic N) is 1. The maximum Gasteiger partial charge on any atom is 0.253 e. The zero-order valence-electron chi connectivity index (χ0n) is 12.6. The number of hydrogen-bond donors (Lipinski definition) is 1. The van der Waals surface area contributed by atoms with Crippen LogP contribution in [0.2, 0.25) is 0 Å². The summed E-state index contributed by atoms with van der Waals surface area (Å²) >= 11 is 0. The summed E-state index contributed by atoms with van der Waals surface area (Å²) in [5, 5.41) is 3.53. The Kier molecular flexibility index (Phi) is 5.12. The maximum atomic E-state index is 12.6. The monoisotopic (exact) mass is 310 g/mol. The Morgan fingerprint density at radius 3 is 2.95 bits per heavy atom. The van der Waals surface area contributed by atoms with Crippen molar-refractivity contribution in [1.82, 2.24) is 10.2 Å². The molecule has 2 heterocycles. The van der Waals surface area contributed by atoms with Crippen LogP contribution in [0.5, 0.6) is 5.75 Å². The second-order valence-corrected chi connectivity index (χ2v) is 5.83. The minimum atomic E-state index is 0. The summed E-state index contributed by atoms with van der Waals surface area (Å²) in [7, 11) is 1.65. The molecule has 4 nitrogen and oxygen atoms in total. The Morgan fingerprint density at radius 2 is 2.19 bits per heavy atom. The summed E-state index contributed by atoms with van der Waals surface area (Å²) in [6, 6.07) is 6.33. The van der Waals surface area contributed by atoms with Crippen LogP contribution in [-0.2, 0) is 0 Å². The quantitative estimate of drug-likeness (QED) is 0.911. The molecule has 1 aromatic rings. The molecular weight excluding hydrogens is 288 g/mol. The van der Waals surface area contributed by atoms with E-state index in [1.54, 1.807) is 7.11 Å². The number of benzene rings is 1. The number of hydrogen-bond acceptors (Lipinski definition) is 3. The molecule has 2 fully saturated rings. The highest BCUT2D eigenvalue weighted by Crippen LogP contribution is 2.26. The lowest BCUT2D eigenvalue weighted by atomic mass is 9.93. The highest BCUT2D eigenvalue weighted by molar-refractivity contribution is 5.94. The van der Waals surface area contributed by atoms with Crippen LogP contribution in [0.25, 0.3) is 0 Å². The number of methoxy groups -OCH3 is 1. The van der Waals surface area contributed by atoms with E-state index in [2.05, 4.69) is 5.32 Å². The van der Waals surface area contributed by atoms with Gasteiger partial charge < -0.3 is 15.0 Å². The van der Waals surface area contributed by atoms with Crippen molar-refractivity contribution >= 4 is 18.3 Å². The first kappa shape index (κ1) is 16.1. The SMILES string of the molecule is COc1cc(C(=O)N2CCC3NCCC3C2)ccc1C.Cl. The van der Waals surface area contributed by atoms with E-state index >= 15 is 0 Å². The van der Waals surface area contributed by atoms with Crippen LogP contribution < -0.4 is 10.1 Å². The maximum absolute atomic E-state index is 12.6. The number of fused-ring (bicyclic) bond motifs is 1. The van der Waals surface area contributed by atoms with Gasteiger partial charge in [0.05, 0.1) is 7.11 Å². The van der Waals surface area contributed by atoms with E-state index in [-0.39, 0.29) is 18.3 Å². The van der Waals surface area contributed by atoms with Crippen LogP contribution >= 0.6 is 12.4 Å². The van der Waals surface area contributed by atoms with Crippen molar-refractivity contribution in [3.63, 3.8) is 0 Å². The average molecular weight is 311 g/mol. The molecule has 0 aliphatic carbocycles. The summed E-state index contributed by atoms with van der Waals surface area (Å²) < 4.78 is 5.31. The van der Waals surface area contributed by atoms with Crippen molar-refractivity contribution in [2.24, 2.45) is 5.92 Å². The molecule has 5 heteroatoms. The van der Waals surface area contributed by atoms with Crippen LogP contribution in [0.15, 0.2) is 18.2 Å². The third kappa shape index (κ3) is 3.16. The van der Waals surface area contributed by atoms with Gasteiger partial charge in [0.25, 0.3) is 5.91 Å². The molecular formula is C16H23ClN2O2. The Bertz CT molecular complexity index is 521. The molecule has 2 unspecified atom stereocenters. The first-order chi connectivity index (χ1) is 9.69. The molecule has 2 aliphatic rings. The summed E-state index contributed by atoms with van der Waals surface area (Å²) in [4.78, 5) is 14.6. The highest BCUT2D eigenvalue weighted by atomic mass is 35.5. The molecule has 21 heavy (non-hydrogen) atoms. The van der Waals surface area contributed by atoms with Gasteiger partial charge in [0.15, 0.2) is 0 Å². The van der Waals surface area contributed by atoms with Gasteiger partial charge in [0.1, 0.15) is 5.75 Å². The zero-order valence-corrected chi connectivity index (χ0v) is 13.4. The lowest BCUT2D eigenvalue weighted by molar-refractivity contribution is 0.0661. The third-order valence-electron chi connectivity index (χ3n) is 4.60. The number of nitrogens with one attached hydrogen (secondary N) is 1. The second-order valence-electron chi connectivity index (χ2n) is 5.83. The van der Waals surface area contributed by atoms with Gasteiger partial charge in [-0.2, -0.15) is 0 Å². The molecule has 1 N–H and O–H groups in total. The van der Waals surface area contributed by atoms with Crippen molar-refractivity contribution in [2.45, 2.75) is 25.8 Å². The van der Waals surface area contributed by atoms with Crippen LogP contribution in [0.4, 0.5) is 0 Å². The molecule has 1 aromatic carbocycles. The predicted octanol–water partition coefficient (Wildman–Crippen LogP) is 2.25. The minimum absolute atomic E-state index is 0. The van der Waals surface area contributed by atoms with Gasteiger partial charge in [-0.1, -0.05) is 6.07 Å². The molecule has 0 saturated carbocycles. The summed E-state index contributed by atoms with van der Waals surface area (Å²) in [5.74, 6) is 1.54. The van der Waals surface area contributed by atoms with Crippen molar-refractivity contribution in [3.8, 4) is 5.75 Å². The van der Waals surface area contributed by atoms with E-state index in [9.17, 15) is 4.79 Å². The standard InChI is InChI=1S/C16H22N2O2.ClH/c1-11-3-4-12(9-15(11)20-2)16(19)18-8-6-14-13(10-18)5-7-17-14;/h3-4,9,13-14,17H,5-8,10H2,1-2H3;1H. The molecule has 3 rings (SSSR count). The Labute approximate surface area is 132 Å². The van der Waals surface area contributed by atoms with Gasteiger partial charge >= 0.3 is 0 Å². The number of likely N-dealkylation sites (tertiary alicyclic amines) is 1.